The average Bonchev–Trinajstić information content (AvgIpc) is 2.74. The SMILES string of the molecule is CCn1nccc1C(=O)CCC(C)CCN. The summed E-state index contributed by atoms with van der Waals surface area (Å²) in [6.45, 7) is 5.56. The summed E-state index contributed by atoms with van der Waals surface area (Å²) in [5.41, 5.74) is 6.20. The van der Waals surface area contributed by atoms with Crippen molar-refractivity contribution in [1.82, 2.24) is 9.78 Å². The van der Waals surface area contributed by atoms with Crippen LogP contribution in [-0.4, -0.2) is 22.1 Å². The van der Waals surface area contributed by atoms with Crippen LogP contribution >= 0.6 is 0 Å². The van der Waals surface area contributed by atoms with E-state index in [0.29, 0.717) is 18.9 Å². The highest BCUT2D eigenvalue weighted by atomic mass is 16.1. The van der Waals surface area contributed by atoms with Crippen LogP contribution in [0.5, 0.6) is 0 Å². The van der Waals surface area contributed by atoms with E-state index < -0.39 is 0 Å². The summed E-state index contributed by atoms with van der Waals surface area (Å²) in [6.07, 6.45) is 4.16. The Hall–Kier alpha value is -1.16. The van der Waals surface area contributed by atoms with Gasteiger partial charge < -0.3 is 5.73 Å². The summed E-state index contributed by atoms with van der Waals surface area (Å²) < 4.78 is 1.75. The third kappa shape index (κ3) is 3.45. The van der Waals surface area contributed by atoms with Crippen molar-refractivity contribution in [3.05, 3.63) is 18.0 Å². The van der Waals surface area contributed by atoms with Gasteiger partial charge >= 0.3 is 0 Å². The second-order valence-corrected chi connectivity index (χ2v) is 4.18. The molecule has 1 rings (SSSR count). The zero-order valence-corrected chi connectivity index (χ0v) is 10.1. The monoisotopic (exact) mass is 223 g/mol. The minimum atomic E-state index is 0.184. The maximum absolute atomic E-state index is 11.9. The number of nitrogens with two attached hydrogens (primary N) is 1. The number of Topliss-reactive ketones (excluding diaryl/α,β-unsaturated/α-hetero) is 1. The molecule has 1 unspecified atom stereocenters. The van der Waals surface area contributed by atoms with Gasteiger partial charge in [0.15, 0.2) is 5.78 Å². The van der Waals surface area contributed by atoms with Crippen molar-refractivity contribution in [2.45, 2.75) is 39.7 Å². The molecule has 1 aromatic rings. The van der Waals surface area contributed by atoms with Gasteiger partial charge in [-0.1, -0.05) is 6.92 Å². The highest BCUT2D eigenvalue weighted by Crippen LogP contribution is 2.12. The van der Waals surface area contributed by atoms with E-state index in [4.69, 9.17) is 5.73 Å². The third-order valence-corrected chi connectivity index (χ3v) is 2.83. The average molecular weight is 223 g/mol. The number of nitrogens with zero attached hydrogens (tertiary/aromatic N) is 2. The van der Waals surface area contributed by atoms with Crippen molar-refractivity contribution in [1.29, 1.82) is 0 Å². The molecule has 0 saturated carbocycles. The molecule has 4 heteroatoms. The van der Waals surface area contributed by atoms with E-state index in [2.05, 4.69) is 12.0 Å². The molecule has 0 aliphatic rings. The number of aromatic nitrogens is 2. The molecule has 0 aromatic carbocycles. The molecule has 90 valence electrons. The second-order valence-electron chi connectivity index (χ2n) is 4.18. The fraction of sp³-hybridized carbons (Fsp3) is 0.667. The lowest BCUT2D eigenvalue weighted by Crippen LogP contribution is -2.12. The standard InChI is InChI=1S/C12H21N3O/c1-3-15-11(7-9-14-15)12(16)5-4-10(2)6-8-13/h7,9-10H,3-6,8,13H2,1-2H3. The molecule has 0 aliphatic carbocycles. The van der Waals surface area contributed by atoms with Gasteiger partial charge in [0.2, 0.25) is 0 Å². The Balaban J connectivity index is 2.46. The molecule has 0 radical (unpaired) electrons. The molecule has 1 heterocycles. The molecule has 0 amide bonds. The minimum Gasteiger partial charge on any atom is -0.330 e. The number of rotatable bonds is 7. The lowest BCUT2D eigenvalue weighted by molar-refractivity contribution is 0.0963. The molecule has 0 aliphatic heterocycles. The molecule has 0 fully saturated rings. The lowest BCUT2D eigenvalue weighted by Gasteiger charge is -2.09. The Morgan fingerprint density at radius 3 is 2.94 bits per heavy atom. The van der Waals surface area contributed by atoms with E-state index in [9.17, 15) is 4.79 Å². The lowest BCUT2D eigenvalue weighted by atomic mass is 9.99. The van der Waals surface area contributed by atoms with Gasteiger partial charge in [0.25, 0.3) is 0 Å². The van der Waals surface area contributed by atoms with Crippen LogP contribution in [0.1, 0.15) is 43.6 Å². The molecule has 1 aromatic heterocycles. The Kier molecular flexibility index (Phi) is 5.19. The van der Waals surface area contributed by atoms with Crippen molar-refractivity contribution >= 4 is 5.78 Å². The summed E-state index contributed by atoms with van der Waals surface area (Å²) in [6, 6.07) is 1.79. The van der Waals surface area contributed by atoms with Gasteiger partial charge in [0.1, 0.15) is 5.69 Å². The normalized spacial score (nSPS) is 12.7. The summed E-state index contributed by atoms with van der Waals surface area (Å²) >= 11 is 0. The highest BCUT2D eigenvalue weighted by Gasteiger charge is 2.12. The van der Waals surface area contributed by atoms with Crippen molar-refractivity contribution in [2.75, 3.05) is 6.54 Å². The van der Waals surface area contributed by atoms with Crippen molar-refractivity contribution in [2.24, 2.45) is 11.7 Å². The number of carbonyl (C=O) groups excluding carboxylic acids is 1. The molecule has 4 nitrogen and oxygen atoms in total. The van der Waals surface area contributed by atoms with Gasteiger partial charge in [0.05, 0.1) is 0 Å². The van der Waals surface area contributed by atoms with Crippen LogP contribution in [0.15, 0.2) is 12.3 Å². The van der Waals surface area contributed by atoms with Crippen LogP contribution in [0.4, 0.5) is 0 Å². The summed E-state index contributed by atoms with van der Waals surface area (Å²) in [5, 5.41) is 4.10. The molecule has 16 heavy (non-hydrogen) atoms. The maximum atomic E-state index is 11.9. The number of carbonyl (C=O) groups is 1. The van der Waals surface area contributed by atoms with Crippen LogP contribution in [0.2, 0.25) is 0 Å². The third-order valence-electron chi connectivity index (χ3n) is 2.83. The van der Waals surface area contributed by atoms with E-state index in [1.165, 1.54) is 0 Å². The van der Waals surface area contributed by atoms with Crippen molar-refractivity contribution < 1.29 is 4.79 Å². The maximum Gasteiger partial charge on any atom is 0.180 e. The molecule has 0 spiro atoms. The van der Waals surface area contributed by atoms with Crippen LogP contribution in [-0.2, 0) is 6.54 Å². The highest BCUT2D eigenvalue weighted by molar-refractivity contribution is 5.94. The quantitative estimate of drug-likeness (QED) is 0.718. The largest absolute Gasteiger partial charge is 0.330 e. The molecular weight excluding hydrogens is 202 g/mol. The Bertz CT molecular complexity index is 333. The van der Waals surface area contributed by atoms with E-state index in [1.54, 1.807) is 16.9 Å². The first kappa shape index (κ1) is 12.9. The minimum absolute atomic E-state index is 0.184. The van der Waals surface area contributed by atoms with Crippen LogP contribution in [0.3, 0.4) is 0 Å². The van der Waals surface area contributed by atoms with E-state index in [0.717, 1.165) is 25.1 Å². The second kappa shape index (κ2) is 6.43. The molecule has 1 atom stereocenters. The smallest absolute Gasteiger partial charge is 0.180 e. The molecule has 2 N–H and O–H groups in total. The Labute approximate surface area is 96.8 Å². The summed E-state index contributed by atoms with van der Waals surface area (Å²) in [5.74, 6) is 0.704. The van der Waals surface area contributed by atoms with E-state index in [-0.39, 0.29) is 5.78 Å². The summed E-state index contributed by atoms with van der Waals surface area (Å²) in [7, 11) is 0. The topological polar surface area (TPSA) is 60.9 Å². The number of hydrogen-bond donors (Lipinski definition) is 1. The van der Waals surface area contributed by atoms with Crippen LogP contribution in [0.25, 0.3) is 0 Å². The predicted octanol–water partition coefficient (Wildman–Crippen LogP) is 1.85. The van der Waals surface area contributed by atoms with E-state index in [1.807, 2.05) is 6.92 Å². The Morgan fingerprint density at radius 1 is 1.56 bits per heavy atom. The van der Waals surface area contributed by atoms with E-state index >= 15 is 0 Å². The van der Waals surface area contributed by atoms with Crippen LogP contribution in [0, 0.1) is 5.92 Å². The van der Waals surface area contributed by atoms with Gasteiger partial charge in [-0.05, 0) is 38.3 Å². The number of hydrogen-bond acceptors (Lipinski definition) is 3. The van der Waals surface area contributed by atoms with Crippen molar-refractivity contribution in [3.63, 3.8) is 0 Å². The molecule has 0 bridgehead atoms. The van der Waals surface area contributed by atoms with Gasteiger partial charge in [0, 0.05) is 19.2 Å². The first-order valence-corrected chi connectivity index (χ1v) is 5.94. The fourth-order valence-corrected chi connectivity index (χ4v) is 1.76. The number of aryl methyl sites for hydroxylation is 1. The zero-order valence-electron chi connectivity index (χ0n) is 10.1. The van der Waals surface area contributed by atoms with Crippen LogP contribution < -0.4 is 5.73 Å². The van der Waals surface area contributed by atoms with Gasteiger partial charge in [-0.2, -0.15) is 5.10 Å². The van der Waals surface area contributed by atoms with Gasteiger partial charge in [-0.3, -0.25) is 9.48 Å². The first-order valence-electron chi connectivity index (χ1n) is 5.94. The predicted molar refractivity (Wildman–Crippen MR) is 64.3 cm³/mol. The molecular formula is C12H21N3O. The van der Waals surface area contributed by atoms with Gasteiger partial charge in [-0.15, -0.1) is 0 Å². The number of ketones is 1. The van der Waals surface area contributed by atoms with Gasteiger partial charge in [-0.25, -0.2) is 0 Å². The fourth-order valence-electron chi connectivity index (χ4n) is 1.76. The van der Waals surface area contributed by atoms with Crippen molar-refractivity contribution in [3.8, 4) is 0 Å². The summed E-state index contributed by atoms with van der Waals surface area (Å²) in [4.78, 5) is 11.9. The first-order chi connectivity index (χ1) is 7.69. The zero-order chi connectivity index (χ0) is 12.0. The molecule has 0 saturated heterocycles. The Morgan fingerprint density at radius 2 is 2.31 bits per heavy atom.